The third kappa shape index (κ3) is 2.17. The first-order chi connectivity index (χ1) is 7.91. The lowest BCUT2D eigenvalue weighted by molar-refractivity contribution is 0.556. The number of nitrogen functional groups attached to an aromatic ring is 1. The number of hydrogen-bond acceptors (Lipinski definition) is 4. The SMILES string of the molecule is CC(C)(C)c1nn(-c2ncccn2)c(N)c1Br. The monoisotopic (exact) mass is 295 g/mol. The van der Waals surface area contributed by atoms with Crippen molar-refractivity contribution in [2.24, 2.45) is 0 Å². The highest BCUT2D eigenvalue weighted by atomic mass is 79.9. The maximum Gasteiger partial charge on any atom is 0.252 e. The molecule has 6 heteroatoms. The summed E-state index contributed by atoms with van der Waals surface area (Å²) in [7, 11) is 0. The Morgan fingerprint density at radius 3 is 2.29 bits per heavy atom. The summed E-state index contributed by atoms with van der Waals surface area (Å²) in [6, 6.07) is 1.75. The maximum atomic E-state index is 6.01. The summed E-state index contributed by atoms with van der Waals surface area (Å²) in [6.45, 7) is 6.24. The van der Waals surface area contributed by atoms with Gasteiger partial charge in [0, 0.05) is 17.8 Å². The van der Waals surface area contributed by atoms with Crippen molar-refractivity contribution in [1.29, 1.82) is 0 Å². The minimum atomic E-state index is -0.0903. The lowest BCUT2D eigenvalue weighted by Crippen LogP contribution is -2.13. The number of aromatic nitrogens is 4. The molecule has 2 heterocycles. The van der Waals surface area contributed by atoms with E-state index in [9.17, 15) is 0 Å². The van der Waals surface area contributed by atoms with Gasteiger partial charge in [-0.25, -0.2) is 9.97 Å². The molecule has 17 heavy (non-hydrogen) atoms. The zero-order chi connectivity index (χ0) is 12.6. The van der Waals surface area contributed by atoms with Gasteiger partial charge in [0.25, 0.3) is 5.95 Å². The average Bonchev–Trinajstić information content (AvgIpc) is 2.57. The molecule has 0 spiro atoms. The van der Waals surface area contributed by atoms with Gasteiger partial charge in [0.1, 0.15) is 5.82 Å². The largest absolute Gasteiger partial charge is 0.383 e. The van der Waals surface area contributed by atoms with E-state index in [-0.39, 0.29) is 5.41 Å². The van der Waals surface area contributed by atoms with Gasteiger partial charge in [0.2, 0.25) is 0 Å². The molecule has 0 saturated carbocycles. The zero-order valence-corrected chi connectivity index (χ0v) is 11.6. The maximum absolute atomic E-state index is 6.01. The van der Waals surface area contributed by atoms with Crippen LogP contribution in [-0.2, 0) is 5.41 Å². The predicted octanol–water partition coefficient (Wildman–Crippen LogP) is 2.30. The van der Waals surface area contributed by atoms with Crippen molar-refractivity contribution in [1.82, 2.24) is 19.7 Å². The minimum Gasteiger partial charge on any atom is -0.383 e. The fourth-order valence-corrected chi connectivity index (χ4v) is 2.29. The van der Waals surface area contributed by atoms with E-state index in [4.69, 9.17) is 5.73 Å². The Bertz CT molecular complexity index is 527. The number of nitrogens with zero attached hydrogens (tertiary/aromatic N) is 4. The van der Waals surface area contributed by atoms with Crippen LogP contribution in [-0.4, -0.2) is 19.7 Å². The highest BCUT2D eigenvalue weighted by Crippen LogP contribution is 2.33. The Balaban J connectivity index is 2.59. The summed E-state index contributed by atoms with van der Waals surface area (Å²) in [4.78, 5) is 8.27. The molecule has 2 aromatic rings. The summed E-state index contributed by atoms with van der Waals surface area (Å²) < 4.78 is 2.35. The fourth-order valence-electron chi connectivity index (χ4n) is 1.44. The molecule has 0 bridgehead atoms. The number of nitrogens with two attached hydrogens (primary N) is 1. The van der Waals surface area contributed by atoms with Gasteiger partial charge in [-0.3, -0.25) is 0 Å². The van der Waals surface area contributed by atoms with Gasteiger partial charge in [0.15, 0.2) is 0 Å². The van der Waals surface area contributed by atoms with Crippen LogP contribution in [0.4, 0.5) is 5.82 Å². The summed E-state index contributed by atoms with van der Waals surface area (Å²) in [5, 5.41) is 4.47. The molecule has 0 amide bonds. The van der Waals surface area contributed by atoms with E-state index in [2.05, 4.69) is 51.8 Å². The van der Waals surface area contributed by atoms with Gasteiger partial charge in [-0.2, -0.15) is 9.78 Å². The van der Waals surface area contributed by atoms with E-state index in [1.54, 1.807) is 23.1 Å². The van der Waals surface area contributed by atoms with E-state index < -0.39 is 0 Å². The van der Waals surface area contributed by atoms with Crippen molar-refractivity contribution in [3.05, 3.63) is 28.6 Å². The molecule has 0 aliphatic carbocycles. The van der Waals surface area contributed by atoms with Gasteiger partial charge in [-0.05, 0) is 22.0 Å². The molecular weight excluding hydrogens is 282 g/mol. The van der Waals surface area contributed by atoms with Gasteiger partial charge in [-0.15, -0.1) is 0 Å². The first-order valence-electron chi connectivity index (χ1n) is 5.23. The van der Waals surface area contributed by atoms with E-state index in [0.29, 0.717) is 11.8 Å². The molecule has 5 nitrogen and oxygen atoms in total. The van der Waals surface area contributed by atoms with Crippen LogP contribution in [0.2, 0.25) is 0 Å². The summed E-state index contributed by atoms with van der Waals surface area (Å²) in [5.41, 5.74) is 6.81. The van der Waals surface area contributed by atoms with Crippen LogP contribution >= 0.6 is 15.9 Å². The van der Waals surface area contributed by atoms with E-state index in [0.717, 1.165) is 10.2 Å². The van der Waals surface area contributed by atoms with Gasteiger partial charge < -0.3 is 5.73 Å². The highest BCUT2D eigenvalue weighted by molar-refractivity contribution is 9.10. The van der Waals surface area contributed by atoms with Crippen molar-refractivity contribution in [2.75, 3.05) is 5.73 Å². The third-order valence-corrected chi connectivity index (χ3v) is 3.09. The zero-order valence-electron chi connectivity index (χ0n) is 9.98. The quantitative estimate of drug-likeness (QED) is 0.876. The highest BCUT2D eigenvalue weighted by Gasteiger charge is 2.25. The topological polar surface area (TPSA) is 69.6 Å². The lowest BCUT2D eigenvalue weighted by Gasteiger charge is -2.15. The molecule has 2 rings (SSSR count). The Kier molecular flexibility index (Phi) is 2.91. The molecule has 2 aromatic heterocycles. The Hall–Kier alpha value is -1.43. The molecular formula is C11H14BrN5. The van der Waals surface area contributed by atoms with Crippen LogP contribution < -0.4 is 5.73 Å². The van der Waals surface area contributed by atoms with E-state index >= 15 is 0 Å². The molecule has 0 aliphatic rings. The Morgan fingerprint density at radius 1 is 1.24 bits per heavy atom. The third-order valence-electron chi connectivity index (χ3n) is 2.31. The molecule has 0 saturated heterocycles. The number of halogens is 1. The van der Waals surface area contributed by atoms with Crippen LogP contribution in [0.15, 0.2) is 22.9 Å². The van der Waals surface area contributed by atoms with Crippen LogP contribution in [0.3, 0.4) is 0 Å². The predicted molar refractivity (Wildman–Crippen MR) is 70.0 cm³/mol. The first kappa shape index (κ1) is 12.0. The second-order valence-corrected chi connectivity index (χ2v) is 5.55. The fraction of sp³-hybridized carbons (Fsp3) is 0.364. The van der Waals surface area contributed by atoms with Crippen molar-refractivity contribution in [2.45, 2.75) is 26.2 Å². The molecule has 0 radical (unpaired) electrons. The molecule has 0 unspecified atom stereocenters. The minimum absolute atomic E-state index is 0.0903. The van der Waals surface area contributed by atoms with Crippen molar-refractivity contribution < 1.29 is 0 Å². The van der Waals surface area contributed by atoms with E-state index in [1.807, 2.05) is 0 Å². The van der Waals surface area contributed by atoms with Crippen LogP contribution in [0.25, 0.3) is 5.95 Å². The van der Waals surface area contributed by atoms with Crippen LogP contribution in [0.1, 0.15) is 26.5 Å². The normalized spacial score (nSPS) is 11.8. The second kappa shape index (κ2) is 4.10. The Labute approximate surface area is 108 Å². The summed E-state index contributed by atoms with van der Waals surface area (Å²) in [6.07, 6.45) is 3.32. The molecule has 90 valence electrons. The molecule has 0 atom stereocenters. The summed E-state index contributed by atoms with van der Waals surface area (Å²) in [5.74, 6) is 0.988. The van der Waals surface area contributed by atoms with Crippen LogP contribution in [0, 0.1) is 0 Å². The molecule has 0 aliphatic heterocycles. The summed E-state index contributed by atoms with van der Waals surface area (Å²) >= 11 is 3.47. The van der Waals surface area contributed by atoms with Crippen LogP contribution in [0.5, 0.6) is 0 Å². The molecule has 2 N–H and O–H groups in total. The van der Waals surface area contributed by atoms with Gasteiger partial charge in [0.05, 0.1) is 10.2 Å². The van der Waals surface area contributed by atoms with E-state index in [1.165, 1.54) is 0 Å². The number of rotatable bonds is 1. The van der Waals surface area contributed by atoms with Gasteiger partial charge >= 0.3 is 0 Å². The number of hydrogen-bond donors (Lipinski definition) is 1. The average molecular weight is 296 g/mol. The second-order valence-electron chi connectivity index (χ2n) is 4.76. The number of anilines is 1. The first-order valence-corrected chi connectivity index (χ1v) is 6.02. The molecule has 0 fully saturated rings. The van der Waals surface area contributed by atoms with Gasteiger partial charge in [-0.1, -0.05) is 20.8 Å². The smallest absolute Gasteiger partial charge is 0.252 e. The van der Waals surface area contributed by atoms with Crippen molar-refractivity contribution in [3.8, 4) is 5.95 Å². The standard InChI is InChI=1S/C11H14BrN5/c1-11(2,3)8-7(12)9(13)17(16-8)10-14-5-4-6-15-10/h4-6H,13H2,1-3H3. The Morgan fingerprint density at radius 2 is 1.82 bits per heavy atom. The lowest BCUT2D eigenvalue weighted by atomic mass is 9.92. The molecule has 0 aromatic carbocycles. The van der Waals surface area contributed by atoms with Crippen molar-refractivity contribution >= 4 is 21.7 Å². The van der Waals surface area contributed by atoms with Crippen molar-refractivity contribution in [3.63, 3.8) is 0 Å².